The number of esters is 1. The summed E-state index contributed by atoms with van der Waals surface area (Å²) in [5.41, 5.74) is 6.53. The lowest BCUT2D eigenvalue weighted by Crippen LogP contribution is -2.27. The van der Waals surface area contributed by atoms with Gasteiger partial charge in [0.25, 0.3) is 0 Å². The highest BCUT2D eigenvalue weighted by Gasteiger charge is 2.20. The molecule has 0 spiro atoms. The minimum atomic E-state index is -0.640. The van der Waals surface area contributed by atoms with E-state index < -0.39 is 17.7 Å². The summed E-state index contributed by atoms with van der Waals surface area (Å²) in [7, 11) is 0. The molecule has 0 aromatic heterocycles. The predicted octanol–water partition coefficient (Wildman–Crippen LogP) is 3.95. The maximum absolute atomic E-state index is 12.2. The molecule has 128 valence electrons. The van der Waals surface area contributed by atoms with Gasteiger partial charge in [0.2, 0.25) is 0 Å². The number of nitrogens with two attached hydrogens (primary N) is 1. The van der Waals surface area contributed by atoms with E-state index in [0.717, 1.165) is 0 Å². The quantitative estimate of drug-likeness (QED) is 0.657. The van der Waals surface area contributed by atoms with Gasteiger partial charge in [0, 0.05) is 5.39 Å². The van der Waals surface area contributed by atoms with Crippen LogP contribution in [0.25, 0.3) is 10.8 Å². The van der Waals surface area contributed by atoms with E-state index in [1.165, 1.54) is 6.07 Å². The third-order valence-corrected chi connectivity index (χ3v) is 3.22. The molecule has 24 heavy (non-hydrogen) atoms. The molecule has 0 aliphatic heterocycles. The maximum Gasteiger partial charge on any atom is 0.412 e. The van der Waals surface area contributed by atoms with Crippen molar-refractivity contribution in [3.8, 4) is 0 Å². The van der Waals surface area contributed by atoms with E-state index in [0.29, 0.717) is 27.7 Å². The Balaban J connectivity index is 2.49. The summed E-state index contributed by atoms with van der Waals surface area (Å²) in [5.74, 6) is -0.471. The lowest BCUT2D eigenvalue weighted by atomic mass is 10.0. The maximum atomic E-state index is 12.2. The lowest BCUT2D eigenvalue weighted by Gasteiger charge is -2.20. The Morgan fingerprint density at radius 2 is 1.79 bits per heavy atom. The van der Waals surface area contributed by atoms with Gasteiger partial charge in [0.15, 0.2) is 0 Å². The van der Waals surface area contributed by atoms with Crippen LogP contribution in [0, 0.1) is 0 Å². The fraction of sp³-hybridized carbons (Fsp3) is 0.333. The molecule has 0 saturated carbocycles. The molecular formula is C18H22N2O4. The SMILES string of the molecule is CCOC(=O)c1cc(NC(=O)OC(C)(C)C)c(N)c2ccccc12. The van der Waals surface area contributed by atoms with Crippen molar-refractivity contribution in [1.82, 2.24) is 0 Å². The summed E-state index contributed by atoms with van der Waals surface area (Å²) < 4.78 is 10.3. The summed E-state index contributed by atoms with van der Waals surface area (Å²) in [4.78, 5) is 24.2. The first-order valence-corrected chi connectivity index (χ1v) is 7.71. The molecular weight excluding hydrogens is 308 g/mol. The van der Waals surface area contributed by atoms with Crippen LogP contribution in [-0.4, -0.2) is 24.3 Å². The molecule has 0 aliphatic rings. The van der Waals surface area contributed by atoms with Crippen molar-refractivity contribution in [3.63, 3.8) is 0 Å². The zero-order valence-corrected chi connectivity index (χ0v) is 14.3. The van der Waals surface area contributed by atoms with Gasteiger partial charge in [-0.1, -0.05) is 24.3 Å². The van der Waals surface area contributed by atoms with Crippen LogP contribution < -0.4 is 11.1 Å². The number of hydrogen-bond donors (Lipinski definition) is 2. The Labute approximate surface area is 140 Å². The Bertz CT molecular complexity index is 778. The van der Waals surface area contributed by atoms with E-state index in [2.05, 4.69) is 5.32 Å². The van der Waals surface area contributed by atoms with Gasteiger partial charge >= 0.3 is 12.1 Å². The molecule has 2 aromatic carbocycles. The zero-order valence-electron chi connectivity index (χ0n) is 14.3. The van der Waals surface area contributed by atoms with Gasteiger partial charge in [-0.2, -0.15) is 0 Å². The van der Waals surface area contributed by atoms with Crippen LogP contribution in [0.3, 0.4) is 0 Å². The summed E-state index contributed by atoms with van der Waals surface area (Å²) >= 11 is 0. The summed E-state index contributed by atoms with van der Waals surface area (Å²) in [5, 5.41) is 3.93. The highest BCUT2D eigenvalue weighted by Crippen LogP contribution is 2.32. The average molecular weight is 330 g/mol. The molecule has 3 N–H and O–H groups in total. The van der Waals surface area contributed by atoms with Crippen LogP contribution >= 0.6 is 0 Å². The first-order valence-electron chi connectivity index (χ1n) is 7.71. The monoisotopic (exact) mass is 330 g/mol. The fourth-order valence-electron chi connectivity index (χ4n) is 2.29. The van der Waals surface area contributed by atoms with Gasteiger partial charge < -0.3 is 15.2 Å². The Hall–Kier alpha value is -2.76. The molecule has 0 saturated heterocycles. The van der Waals surface area contributed by atoms with Crippen molar-refractivity contribution in [2.24, 2.45) is 0 Å². The molecule has 0 bridgehead atoms. The second-order valence-electron chi connectivity index (χ2n) is 6.28. The van der Waals surface area contributed by atoms with Crippen molar-refractivity contribution >= 4 is 34.2 Å². The number of rotatable bonds is 3. The highest BCUT2D eigenvalue weighted by atomic mass is 16.6. The molecule has 0 atom stereocenters. The number of nitrogen functional groups attached to an aromatic ring is 1. The highest BCUT2D eigenvalue weighted by molar-refractivity contribution is 6.12. The molecule has 0 fully saturated rings. The first kappa shape index (κ1) is 17.6. The average Bonchev–Trinajstić information content (AvgIpc) is 2.48. The van der Waals surface area contributed by atoms with E-state index in [1.54, 1.807) is 39.8 Å². The largest absolute Gasteiger partial charge is 0.462 e. The topological polar surface area (TPSA) is 90.6 Å². The van der Waals surface area contributed by atoms with Crippen molar-refractivity contribution < 1.29 is 19.1 Å². The van der Waals surface area contributed by atoms with Crippen molar-refractivity contribution in [1.29, 1.82) is 0 Å². The van der Waals surface area contributed by atoms with E-state index >= 15 is 0 Å². The van der Waals surface area contributed by atoms with E-state index in [4.69, 9.17) is 15.2 Å². The van der Waals surface area contributed by atoms with Crippen LogP contribution in [0.5, 0.6) is 0 Å². The van der Waals surface area contributed by atoms with Gasteiger partial charge in [-0.3, -0.25) is 5.32 Å². The predicted molar refractivity (Wildman–Crippen MR) is 94.2 cm³/mol. The van der Waals surface area contributed by atoms with Gasteiger partial charge in [-0.25, -0.2) is 9.59 Å². The molecule has 0 radical (unpaired) electrons. The molecule has 6 nitrogen and oxygen atoms in total. The molecule has 0 heterocycles. The van der Waals surface area contributed by atoms with Gasteiger partial charge in [0.05, 0.1) is 23.5 Å². The van der Waals surface area contributed by atoms with E-state index in [-0.39, 0.29) is 6.61 Å². The number of carbonyl (C=O) groups is 2. The summed E-state index contributed by atoms with van der Waals surface area (Å²) in [6.45, 7) is 7.28. The molecule has 2 aromatic rings. The van der Waals surface area contributed by atoms with Crippen molar-refractivity contribution in [2.45, 2.75) is 33.3 Å². The molecule has 6 heteroatoms. The third kappa shape index (κ3) is 3.95. The van der Waals surface area contributed by atoms with Gasteiger partial charge in [0.1, 0.15) is 5.60 Å². The first-order chi connectivity index (χ1) is 11.2. The van der Waals surface area contributed by atoms with Crippen molar-refractivity contribution in [2.75, 3.05) is 17.7 Å². The van der Waals surface area contributed by atoms with Crippen LogP contribution in [0.2, 0.25) is 0 Å². The zero-order chi connectivity index (χ0) is 17.9. The van der Waals surface area contributed by atoms with Crippen LogP contribution in [0.4, 0.5) is 16.2 Å². The number of benzene rings is 2. The molecule has 2 rings (SSSR count). The van der Waals surface area contributed by atoms with Crippen molar-refractivity contribution in [3.05, 3.63) is 35.9 Å². The number of nitrogens with one attached hydrogen (secondary N) is 1. The number of amides is 1. The van der Waals surface area contributed by atoms with E-state index in [1.807, 2.05) is 12.1 Å². The lowest BCUT2D eigenvalue weighted by molar-refractivity contribution is 0.0527. The summed E-state index contributed by atoms with van der Waals surface area (Å²) in [6, 6.07) is 8.71. The molecule has 1 amide bonds. The second kappa shape index (κ2) is 6.78. The van der Waals surface area contributed by atoms with Crippen LogP contribution in [0.15, 0.2) is 30.3 Å². The number of fused-ring (bicyclic) bond motifs is 1. The standard InChI is InChI=1S/C18H22N2O4/c1-5-23-16(21)13-10-14(20-17(22)24-18(2,3)4)15(19)12-9-7-6-8-11(12)13/h6-10H,5,19H2,1-4H3,(H,20,22). The number of ether oxygens (including phenoxy) is 2. The number of hydrogen-bond acceptors (Lipinski definition) is 5. The van der Waals surface area contributed by atoms with Crippen LogP contribution in [-0.2, 0) is 9.47 Å². The number of carbonyl (C=O) groups excluding carboxylic acids is 2. The van der Waals surface area contributed by atoms with Gasteiger partial charge in [-0.05, 0) is 39.1 Å². The van der Waals surface area contributed by atoms with E-state index in [9.17, 15) is 9.59 Å². The molecule has 0 unspecified atom stereocenters. The Morgan fingerprint density at radius 1 is 1.17 bits per heavy atom. The number of anilines is 2. The smallest absolute Gasteiger partial charge is 0.412 e. The second-order valence-corrected chi connectivity index (χ2v) is 6.28. The normalized spacial score (nSPS) is 11.2. The Kier molecular flexibility index (Phi) is 4.97. The Morgan fingerprint density at radius 3 is 2.38 bits per heavy atom. The third-order valence-electron chi connectivity index (χ3n) is 3.22. The minimum Gasteiger partial charge on any atom is -0.462 e. The van der Waals surface area contributed by atoms with Gasteiger partial charge in [-0.15, -0.1) is 0 Å². The fourth-order valence-corrected chi connectivity index (χ4v) is 2.29. The van der Waals surface area contributed by atoms with Crippen LogP contribution in [0.1, 0.15) is 38.1 Å². The minimum absolute atomic E-state index is 0.256. The molecule has 0 aliphatic carbocycles. The summed E-state index contributed by atoms with van der Waals surface area (Å²) in [6.07, 6.45) is -0.640.